The second-order valence-electron chi connectivity index (χ2n) is 17.4. The number of carbonyl (C=O) groups excluding carboxylic acids is 4. The van der Waals surface area contributed by atoms with Crippen molar-refractivity contribution >= 4 is 44.7 Å². The summed E-state index contributed by atoms with van der Waals surface area (Å²) < 4.78 is 62.0. The number of nitrogens with zero attached hydrogens (tertiary/aromatic N) is 2. The Kier molecular flexibility index (Phi) is 10.1. The van der Waals surface area contributed by atoms with E-state index in [-0.39, 0.29) is 38.0 Å². The summed E-state index contributed by atoms with van der Waals surface area (Å²) in [6.45, 7) is 8.19. The van der Waals surface area contributed by atoms with Gasteiger partial charge in [0.2, 0.25) is 21.8 Å². The third-order valence-corrected chi connectivity index (χ3v) is 14.0. The molecule has 14 nitrogen and oxygen atoms in total. The number of sulfonamides is 1. The number of aromatic nitrogens is 1. The first-order chi connectivity index (χ1) is 26.3. The zero-order valence-corrected chi connectivity index (χ0v) is 33.6. The van der Waals surface area contributed by atoms with Crippen molar-refractivity contribution in [3.63, 3.8) is 0 Å². The Morgan fingerprint density at radius 2 is 1.86 bits per heavy atom. The van der Waals surface area contributed by atoms with Crippen molar-refractivity contribution in [2.45, 2.75) is 139 Å². The molecule has 16 heteroatoms. The van der Waals surface area contributed by atoms with E-state index in [1.165, 1.54) is 12.0 Å². The van der Waals surface area contributed by atoms with Crippen LogP contribution in [0.2, 0.25) is 0 Å². The monoisotopic (exact) mass is 797 g/mol. The standard InChI is InChI=1S/C40H52FN5O9S/c1-23-32-31(26-18-25(53-6)14-15-28(26)42-23)27(41)20-39(54-32)21-30-33(47)44-40(35(49)45-56(51,52)38(5)16-17-38)19-24(40)12-10-8-7-9-11-13-29(34(48)46(30)22-39)43-36(50)55-37(2,3)4/h10,12,14-15,18,24,27,29-30H,7-9,11,13,16-17,19-22H2,1-6H3,(H,43,50)(H,44,47)(H,45,49)/b12-10-/t24?,27-,29?,30+,39-,40?/m1/s1. The van der Waals surface area contributed by atoms with Crippen molar-refractivity contribution < 1.29 is 46.2 Å². The molecule has 3 N–H and O–H groups in total. The number of fused-ring (bicyclic) bond motifs is 5. The molecule has 2 saturated carbocycles. The fourth-order valence-corrected chi connectivity index (χ4v) is 9.60. The van der Waals surface area contributed by atoms with Crippen molar-refractivity contribution in [3.8, 4) is 11.5 Å². The fourth-order valence-electron chi connectivity index (χ4n) is 8.29. The van der Waals surface area contributed by atoms with E-state index in [4.69, 9.17) is 14.2 Å². The van der Waals surface area contributed by atoms with Crippen LogP contribution >= 0.6 is 0 Å². The third-order valence-electron chi connectivity index (χ3n) is 11.8. The molecule has 1 saturated heterocycles. The lowest BCUT2D eigenvalue weighted by atomic mass is 9.86. The Morgan fingerprint density at radius 1 is 1.11 bits per heavy atom. The van der Waals surface area contributed by atoms with Crippen LogP contribution in [0.15, 0.2) is 30.4 Å². The Hall–Kier alpha value is -4.47. The van der Waals surface area contributed by atoms with Gasteiger partial charge >= 0.3 is 6.09 Å². The van der Waals surface area contributed by atoms with Crippen molar-refractivity contribution in [3.05, 3.63) is 41.6 Å². The Labute approximate surface area is 326 Å². The summed E-state index contributed by atoms with van der Waals surface area (Å²) in [6, 6.07) is 2.82. The maximum atomic E-state index is 16.8. The number of aryl methyl sites for hydroxylation is 1. The first kappa shape index (κ1) is 39.8. The van der Waals surface area contributed by atoms with E-state index in [1.54, 1.807) is 52.8 Å². The van der Waals surface area contributed by atoms with Gasteiger partial charge in [0.15, 0.2) is 0 Å². The molecule has 5 aliphatic rings. The number of amides is 4. The molecule has 7 rings (SSSR count). The summed E-state index contributed by atoms with van der Waals surface area (Å²) >= 11 is 0. The minimum Gasteiger partial charge on any atom is -0.497 e. The number of carbonyl (C=O) groups is 4. The van der Waals surface area contributed by atoms with Crippen LogP contribution in [-0.2, 0) is 29.1 Å². The van der Waals surface area contributed by atoms with Crippen LogP contribution < -0.4 is 24.8 Å². The van der Waals surface area contributed by atoms with Crippen molar-refractivity contribution in [1.82, 2.24) is 25.2 Å². The molecule has 6 atom stereocenters. The quantitative estimate of drug-likeness (QED) is 0.350. The SMILES string of the molecule is COc1ccc2nc(C)c3c(c2c1)[C@H](F)C[C@]1(C[C@H]2C(=O)NC4(C(=O)NS(=O)(=O)C5(C)CC5)CC4/C=C\CCCCCC(NC(=O)OC(C)(C)C)C(=O)N2C1)O3. The molecule has 2 aliphatic carbocycles. The van der Waals surface area contributed by atoms with Gasteiger partial charge in [0.1, 0.15) is 46.5 Å². The van der Waals surface area contributed by atoms with Gasteiger partial charge < -0.3 is 29.7 Å². The molecule has 3 aliphatic heterocycles. The molecule has 4 amide bonds. The predicted molar refractivity (Wildman–Crippen MR) is 204 cm³/mol. The largest absolute Gasteiger partial charge is 0.497 e. The maximum absolute atomic E-state index is 16.8. The smallest absolute Gasteiger partial charge is 0.408 e. The lowest BCUT2D eigenvalue weighted by Gasteiger charge is -2.38. The number of hydrogen-bond acceptors (Lipinski definition) is 10. The molecule has 2 aromatic rings. The maximum Gasteiger partial charge on any atom is 0.408 e. The third kappa shape index (κ3) is 7.52. The number of ether oxygens (including phenoxy) is 3. The number of hydrogen-bond donors (Lipinski definition) is 3. The van der Waals surface area contributed by atoms with Gasteiger partial charge in [0.05, 0.1) is 29.6 Å². The van der Waals surface area contributed by atoms with Gasteiger partial charge in [-0.25, -0.2) is 22.6 Å². The molecular weight excluding hydrogens is 746 g/mol. The normalized spacial score (nSPS) is 30.7. The molecule has 304 valence electrons. The first-order valence-corrected chi connectivity index (χ1v) is 20.9. The highest BCUT2D eigenvalue weighted by Crippen LogP contribution is 2.52. The number of allylic oxidation sites excluding steroid dienone is 1. The predicted octanol–water partition coefficient (Wildman–Crippen LogP) is 4.97. The molecule has 1 spiro atoms. The number of halogens is 1. The fraction of sp³-hybridized carbons (Fsp3) is 0.625. The van der Waals surface area contributed by atoms with Gasteiger partial charge in [-0.2, -0.15) is 0 Å². The molecule has 3 fully saturated rings. The average Bonchev–Trinajstić information content (AvgIpc) is 4.01. The summed E-state index contributed by atoms with van der Waals surface area (Å²) in [5.74, 6) is -1.91. The van der Waals surface area contributed by atoms with E-state index in [0.29, 0.717) is 53.6 Å². The van der Waals surface area contributed by atoms with Gasteiger partial charge in [-0.1, -0.05) is 25.0 Å². The summed E-state index contributed by atoms with van der Waals surface area (Å²) in [7, 11) is -2.52. The lowest BCUT2D eigenvalue weighted by Crippen LogP contribution is -2.58. The van der Waals surface area contributed by atoms with Crippen LogP contribution in [0.25, 0.3) is 10.9 Å². The van der Waals surface area contributed by atoms with Crippen LogP contribution in [0, 0.1) is 12.8 Å². The van der Waals surface area contributed by atoms with E-state index in [9.17, 15) is 27.6 Å². The van der Waals surface area contributed by atoms with E-state index in [1.807, 2.05) is 12.2 Å². The van der Waals surface area contributed by atoms with Crippen LogP contribution in [0.5, 0.6) is 11.5 Å². The first-order valence-electron chi connectivity index (χ1n) is 19.5. The molecule has 56 heavy (non-hydrogen) atoms. The van der Waals surface area contributed by atoms with Crippen LogP contribution in [-0.4, -0.2) is 89.3 Å². The number of pyridine rings is 1. The number of nitrogens with one attached hydrogen (secondary N) is 3. The van der Waals surface area contributed by atoms with Crippen LogP contribution in [0.4, 0.5) is 9.18 Å². The van der Waals surface area contributed by atoms with Crippen molar-refractivity contribution in [2.24, 2.45) is 5.92 Å². The number of rotatable bonds is 5. The minimum absolute atomic E-state index is 0.145. The van der Waals surface area contributed by atoms with Crippen LogP contribution in [0.3, 0.4) is 0 Å². The summed E-state index contributed by atoms with van der Waals surface area (Å²) in [4.78, 5) is 62.4. The zero-order valence-electron chi connectivity index (χ0n) is 32.8. The van der Waals surface area contributed by atoms with Gasteiger partial charge in [-0.15, -0.1) is 0 Å². The zero-order chi connectivity index (χ0) is 40.4. The van der Waals surface area contributed by atoms with Crippen molar-refractivity contribution in [1.29, 1.82) is 0 Å². The summed E-state index contributed by atoms with van der Waals surface area (Å²) in [5.41, 5.74) is -2.55. The van der Waals surface area contributed by atoms with E-state index >= 15 is 4.39 Å². The van der Waals surface area contributed by atoms with Gasteiger partial charge in [-0.05, 0) is 91.3 Å². The highest BCUT2D eigenvalue weighted by atomic mass is 32.2. The van der Waals surface area contributed by atoms with Gasteiger partial charge in [-0.3, -0.25) is 19.1 Å². The highest BCUT2D eigenvalue weighted by molar-refractivity contribution is 7.91. The van der Waals surface area contributed by atoms with Gasteiger partial charge in [0.25, 0.3) is 5.91 Å². The highest BCUT2D eigenvalue weighted by Gasteiger charge is 2.64. The van der Waals surface area contributed by atoms with E-state index < -0.39 is 79.5 Å². The number of benzene rings is 1. The summed E-state index contributed by atoms with van der Waals surface area (Å²) in [6.07, 6.45) is 4.95. The second kappa shape index (κ2) is 14.2. The number of alkyl carbamates (subject to hydrolysis) is 1. The second-order valence-corrected chi connectivity index (χ2v) is 19.6. The Morgan fingerprint density at radius 3 is 2.55 bits per heavy atom. The topological polar surface area (TPSA) is 182 Å². The van der Waals surface area contributed by atoms with Gasteiger partial charge in [0, 0.05) is 29.7 Å². The number of alkyl halides is 1. The lowest BCUT2D eigenvalue weighted by molar-refractivity contribution is -0.141. The molecule has 1 aromatic carbocycles. The van der Waals surface area contributed by atoms with Crippen molar-refractivity contribution in [2.75, 3.05) is 13.7 Å². The Bertz CT molecular complexity index is 2100. The number of methoxy groups -OCH3 is 1. The molecular formula is C40H52FN5O9S. The minimum atomic E-state index is -4.04. The Balaban J connectivity index is 1.26. The van der Waals surface area contributed by atoms with E-state index in [2.05, 4.69) is 20.3 Å². The van der Waals surface area contributed by atoms with Crippen LogP contribution in [0.1, 0.15) is 109 Å². The molecule has 0 bridgehead atoms. The van der Waals surface area contributed by atoms with E-state index in [0.717, 1.165) is 12.8 Å². The average molecular weight is 798 g/mol. The molecule has 0 radical (unpaired) electrons. The molecule has 3 unspecified atom stereocenters. The summed E-state index contributed by atoms with van der Waals surface area (Å²) in [5, 5.41) is 6.11. The molecule has 1 aromatic heterocycles. The molecule has 4 heterocycles.